The smallest absolute Gasteiger partial charge is 0.410 e. The third-order valence-electron chi connectivity index (χ3n) is 12.9. The van der Waals surface area contributed by atoms with Gasteiger partial charge in [0.2, 0.25) is 11.8 Å². The van der Waals surface area contributed by atoms with Crippen LogP contribution in [0.3, 0.4) is 0 Å². The molecule has 0 bridgehead atoms. The van der Waals surface area contributed by atoms with E-state index in [1.165, 1.54) is 25.2 Å². The zero-order valence-corrected chi connectivity index (χ0v) is 38.4. The lowest BCUT2D eigenvalue weighted by Crippen LogP contribution is -2.51. The molecule has 5 aromatic rings. The fraction of sp³-hybridized carbons (Fsp3) is 0.408. The number of H-pyrrole nitrogens is 2. The standard InChI is InChI=1S/C49H56FN9O8/c1-27(2)41(55-47(62)65-5)45(60)58-20-8-11-39(58)43-51-22-37(53-43)31-16-12-29(13-17-31)30-14-18-32(19-15-30)38-23-52-44(54-38)40-21-34(25-59(40)46(61)42(28(3)4)56-48(63)66-6)67-49(64)57-24-33-9-7-10-36(50)35(33)26-57/h7,9-10,12-19,22-23,27-28,34,39-42H,8,11,20-21,24-26H2,1-6H3,(H,51,53)(H,52,54)(H,55,62)(H,56,63)/t34-,39?,40?,41+,42+/m1/s1. The summed E-state index contributed by atoms with van der Waals surface area (Å²) in [6.07, 6.45) is 2.59. The molecule has 0 radical (unpaired) electrons. The van der Waals surface area contributed by atoms with Crippen molar-refractivity contribution in [3.8, 4) is 33.6 Å². The molecule has 4 N–H and O–H groups in total. The molecule has 2 fully saturated rings. The number of nitrogens with one attached hydrogen (secondary N) is 4. The number of carbonyl (C=O) groups is 5. The van der Waals surface area contributed by atoms with Crippen molar-refractivity contribution >= 4 is 30.1 Å². The number of hydrogen-bond donors (Lipinski definition) is 4. The van der Waals surface area contributed by atoms with Gasteiger partial charge in [0.1, 0.15) is 35.7 Å². The Bertz CT molecular complexity index is 2610. The maximum absolute atomic E-state index is 14.5. The number of fused-ring (bicyclic) bond motifs is 1. The van der Waals surface area contributed by atoms with Crippen molar-refractivity contribution in [3.05, 3.63) is 108 Å². The number of benzene rings is 3. The number of halogens is 1. The highest BCUT2D eigenvalue weighted by Crippen LogP contribution is 2.37. The first-order chi connectivity index (χ1) is 32.2. The van der Waals surface area contributed by atoms with Crippen LogP contribution in [-0.2, 0) is 36.9 Å². The van der Waals surface area contributed by atoms with E-state index in [2.05, 4.69) is 25.6 Å². The van der Waals surface area contributed by atoms with E-state index in [-0.39, 0.29) is 61.6 Å². The van der Waals surface area contributed by atoms with E-state index in [1.54, 1.807) is 34.3 Å². The molecule has 17 nitrogen and oxygen atoms in total. The SMILES string of the molecule is COC(=O)N[C@H](C(=O)N1CCCC1c1ncc(-c2ccc(-c3ccc(-c4cnc(C5C[C@@H](OC(=O)N6Cc7cccc(F)c7C6)CN5C(=O)[C@@H](NC(=O)OC)C(C)C)[nH]4)cc3)cc2)[nH]1)C(C)C. The van der Waals surface area contributed by atoms with E-state index < -0.39 is 42.5 Å². The van der Waals surface area contributed by atoms with Crippen LogP contribution in [0, 0.1) is 17.7 Å². The van der Waals surface area contributed by atoms with E-state index in [9.17, 15) is 28.4 Å². The Kier molecular flexibility index (Phi) is 13.6. The molecule has 5 atom stereocenters. The summed E-state index contributed by atoms with van der Waals surface area (Å²) in [4.78, 5) is 86.5. The number of methoxy groups -OCH3 is 2. The van der Waals surface area contributed by atoms with Gasteiger partial charge >= 0.3 is 18.3 Å². The van der Waals surface area contributed by atoms with E-state index >= 15 is 0 Å². The summed E-state index contributed by atoms with van der Waals surface area (Å²) in [7, 11) is 2.51. The minimum atomic E-state index is -0.921. The predicted molar refractivity (Wildman–Crippen MR) is 244 cm³/mol. The highest BCUT2D eigenvalue weighted by molar-refractivity contribution is 5.87. The number of imidazole rings is 2. The largest absolute Gasteiger partial charge is 0.453 e. The van der Waals surface area contributed by atoms with Gasteiger partial charge in [-0.1, -0.05) is 88.4 Å². The van der Waals surface area contributed by atoms with Gasteiger partial charge in [-0.2, -0.15) is 0 Å². The number of carbonyl (C=O) groups excluding carboxylic acids is 5. The van der Waals surface area contributed by atoms with Gasteiger partial charge in [-0.3, -0.25) is 14.5 Å². The van der Waals surface area contributed by atoms with Crippen molar-refractivity contribution in [1.29, 1.82) is 0 Å². The number of amides is 5. The lowest BCUT2D eigenvalue weighted by Gasteiger charge is -2.30. The van der Waals surface area contributed by atoms with Gasteiger partial charge < -0.3 is 44.6 Å². The van der Waals surface area contributed by atoms with Gasteiger partial charge in [0.05, 0.1) is 63.2 Å². The van der Waals surface area contributed by atoms with Crippen molar-refractivity contribution in [2.75, 3.05) is 27.3 Å². The highest BCUT2D eigenvalue weighted by Gasteiger charge is 2.44. The van der Waals surface area contributed by atoms with Crippen molar-refractivity contribution in [2.24, 2.45) is 11.8 Å². The Labute approximate surface area is 387 Å². The first kappa shape index (κ1) is 46.3. The van der Waals surface area contributed by atoms with E-state index in [0.717, 1.165) is 46.4 Å². The number of likely N-dealkylation sites (tertiary alicyclic amines) is 2. The van der Waals surface area contributed by atoms with E-state index in [0.29, 0.717) is 29.5 Å². The average Bonchev–Trinajstić information content (AvgIpc) is 4.19. The van der Waals surface area contributed by atoms with Gasteiger partial charge in [0, 0.05) is 25.1 Å². The molecule has 8 rings (SSSR count). The second kappa shape index (κ2) is 19.7. The number of rotatable bonds is 12. The Morgan fingerprint density at radius 1 is 0.701 bits per heavy atom. The summed E-state index contributed by atoms with van der Waals surface area (Å²) in [5, 5.41) is 5.34. The third-order valence-corrected chi connectivity index (χ3v) is 12.9. The molecule has 5 heterocycles. The maximum Gasteiger partial charge on any atom is 0.410 e. The molecule has 3 aliphatic rings. The summed E-state index contributed by atoms with van der Waals surface area (Å²) in [6.45, 7) is 8.33. The summed E-state index contributed by atoms with van der Waals surface area (Å²) < 4.78 is 30.0. The Balaban J connectivity index is 0.947. The first-order valence-electron chi connectivity index (χ1n) is 22.6. The lowest BCUT2D eigenvalue weighted by molar-refractivity contribution is -0.136. The van der Waals surface area contributed by atoms with Crippen LogP contribution in [0.4, 0.5) is 18.8 Å². The second-order valence-corrected chi connectivity index (χ2v) is 17.9. The van der Waals surface area contributed by atoms with Crippen LogP contribution < -0.4 is 10.6 Å². The predicted octanol–water partition coefficient (Wildman–Crippen LogP) is 7.49. The fourth-order valence-corrected chi connectivity index (χ4v) is 9.17. The Hall–Kier alpha value is -7.24. The Morgan fingerprint density at radius 3 is 1.75 bits per heavy atom. The zero-order chi connectivity index (χ0) is 47.5. The number of alkyl carbamates (subject to hydrolysis) is 2. The van der Waals surface area contributed by atoms with Crippen LogP contribution in [0.15, 0.2) is 79.1 Å². The average molecular weight is 918 g/mol. The molecule has 3 aromatic carbocycles. The number of ether oxygens (including phenoxy) is 3. The van der Waals surface area contributed by atoms with E-state index in [1.807, 2.05) is 76.2 Å². The highest BCUT2D eigenvalue weighted by atomic mass is 19.1. The number of aromatic nitrogens is 4. The van der Waals surface area contributed by atoms with Crippen LogP contribution in [0.1, 0.15) is 81.8 Å². The normalized spacial score (nSPS) is 18.8. The summed E-state index contributed by atoms with van der Waals surface area (Å²) in [5.41, 5.74) is 6.48. The van der Waals surface area contributed by atoms with E-state index in [4.69, 9.17) is 19.2 Å². The zero-order valence-electron chi connectivity index (χ0n) is 38.4. The van der Waals surface area contributed by atoms with Crippen LogP contribution >= 0.6 is 0 Å². The minimum Gasteiger partial charge on any atom is -0.453 e. The number of aromatic amines is 2. The van der Waals surface area contributed by atoms with Crippen molar-refractivity contribution < 1.29 is 42.6 Å². The molecule has 18 heteroatoms. The molecule has 3 aliphatic heterocycles. The molecular weight excluding hydrogens is 862 g/mol. The Morgan fingerprint density at radius 2 is 1.22 bits per heavy atom. The molecule has 0 spiro atoms. The fourth-order valence-electron chi connectivity index (χ4n) is 9.17. The van der Waals surface area contributed by atoms with Gasteiger partial charge in [-0.25, -0.2) is 28.7 Å². The molecule has 2 saturated heterocycles. The van der Waals surface area contributed by atoms with Gasteiger partial charge in [-0.15, -0.1) is 0 Å². The molecule has 5 amide bonds. The summed E-state index contributed by atoms with van der Waals surface area (Å²) >= 11 is 0. The minimum absolute atomic E-state index is 0.0537. The molecule has 67 heavy (non-hydrogen) atoms. The van der Waals surface area contributed by atoms with Crippen LogP contribution in [-0.4, -0.2) is 110 Å². The monoisotopic (exact) mass is 917 g/mol. The summed E-state index contributed by atoms with van der Waals surface area (Å²) in [6, 6.07) is 18.4. The molecule has 2 unspecified atom stereocenters. The maximum atomic E-state index is 14.5. The van der Waals surface area contributed by atoms with Crippen molar-refractivity contribution in [1.82, 2.24) is 45.3 Å². The number of nitrogens with zero attached hydrogens (tertiary/aromatic N) is 5. The molecule has 2 aromatic heterocycles. The lowest BCUT2D eigenvalue weighted by atomic mass is 10.0. The summed E-state index contributed by atoms with van der Waals surface area (Å²) in [5.74, 6) is -0.156. The number of hydrogen-bond acceptors (Lipinski definition) is 10. The van der Waals surface area contributed by atoms with Crippen molar-refractivity contribution in [3.63, 3.8) is 0 Å². The van der Waals surface area contributed by atoms with Crippen molar-refractivity contribution in [2.45, 2.75) is 90.3 Å². The third kappa shape index (κ3) is 9.83. The first-order valence-corrected chi connectivity index (χ1v) is 22.6. The molecule has 0 saturated carbocycles. The molecular formula is C49H56FN9O8. The van der Waals surface area contributed by atoms with Gasteiger partial charge in [0.15, 0.2) is 0 Å². The topological polar surface area (TPSA) is 204 Å². The second-order valence-electron chi connectivity index (χ2n) is 17.9. The van der Waals surface area contributed by atoms with Gasteiger partial charge in [-0.05, 0) is 58.6 Å². The van der Waals surface area contributed by atoms with Crippen LogP contribution in [0.2, 0.25) is 0 Å². The van der Waals surface area contributed by atoms with Crippen LogP contribution in [0.25, 0.3) is 33.6 Å². The molecule has 352 valence electrons. The molecule has 0 aliphatic carbocycles. The van der Waals surface area contributed by atoms with Crippen LogP contribution in [0.5, 0.6) is 0 Å². The quantitative estimate of drug-likeness (QED) is 0.0908. The van der Waals surface area contributed by atoms with Gasteiger partial charge in [0.25, 0.3) is 0 Å².